The molecule has 258 valence electrons. The second kappa shape index (κ2) is 15.7. The van der Waals surface area contributed by atoms with Gasteiger partial charge in [-0.25, -0.2) is 0 Å². The van der Waals surface area contributed by atoms with Gasteiger partial charge >= 0.3 is 0 Å². The zero-order chi connectivity index (χ0) is 34.5. The molecule has 2 heterocycles. The minimum atomic E-state index is -2.01. The summed E-state index contributed by atoms with van der Waals surface area (Å²) in [6.07, 6.45) is 0.778. The van der Waals surface area contributed by atoms with E-state index in [4.69, 9.17) is 53.8 Å². The molecule has 2 aliphatic rings. The number of carbonyl (C=O) groups is 1. The molecule has 0 spiro atoms. The van der Waals surface area contributed by atoms with Crippen LogP contribution >= 0.6 is 34.8 Å². The van der Waals surface area contributed by atoms with Crippen LogP contribution in [0.15, 0.2) is 84.9 Å². The predicted octanol–water partition coefficient (Wildman–Crippen LogP) is 7.45. The zero-order valence-electron chi connectivity index (χ0n) is 27.3. The summed E-state index contributed by atoms with van der Waals surface area (Å²) in [5, 5.41) is 12.2. The first-order chi connectivity index (χ1) is 23.6. The molecule has 0 saturated carbocycles. The van der Waals surface area contributed by atoms with Crippen molar-refractivity contribution >= 4 is 40.7 Å². The second-order valence-corrected chi connectivity index (χ2v) is 14.6. The lowest BCUT2D eigenvalue weighted by Gasteiger charge is -2.39. The number of ether oxygens (including phenoxy) is 4. The fraction of sp³-hybridized carbons (Fsp3) is 0.342. The molecule has 0 aromatic heterocycles. The number of amides is 1. The molecule has 0 aliphatic carbocycles. The van der Waals surface area contributed by atoms with Crippen molar-refractivity contribution in [2.75, 3.05) is 27.3 Å². The number of halogens is 3. The quantitative estimate of drug-likeness (QED) is 0.164. The lowest BCUT2D eigenvalue weighted by molar-refractivity contribution is -0.253. The van der Waals surface area contributed by atoms with Crippen molar-refractivity contribution in [1.82, 2.24) is 10.2 Å². The zero-order valence-corrected chi connectivity index (χ0v) is 29.6. The summed E-state index contributed by atoms with van der Waals surface area (Å²) in [5.41, 5.74) is 8.19. The third-order valence-corrected chi connectivity index (χ3v) is 9.54. The number of aliphatic hydroxyl groups excluding tert-OH is 1. The van der Waals surface area contributed by atoms with Crippen LogP contribution in [0.4, 0.5) is 0 Å². The molecule has 0 bridgehead atoms. The number of benzene rings is 4. The van der Waals surface area contributed by atoms with Crippen LogP contribution in [0.1, 0.15) is 52.2 Å². The summed E-state index contributed by atoms with van der Waals surface area (Å²) in [7, 11) is 3.33. The Morgan fingerprint density at radius 1 is 0.878 bits per heavy atom. The molecule has 1 saturated heterocycles. The van der Waals surface area contributed by atoms with E-state index in [1.54, 1.807) is 14.2 Å². The van der Waals surface area contributed by atoms with Crippen LogP contribution in [0.25, 0.3) is 11.1 Å². The Balaban J connectivity index is 1.19. The van der Waals surface area contributed by atoms with Crippen molar-refractivity contribution in [1.29, 1.82) is 0 Å². The van der Waals surface area contributed by atoms with Gasteiger partial charge in [0, 0.05) is 38.2 Å². The van der Waals surface area contributed by atoms with E-state index in [1.165, 1.54) is 11.1 Å². The molecule has 3 atom stereocenters. The molecule has 4 aromatic rings. The van der Waals surface area contributed by atoms with Crippen molar-refractivity contribution in [2.45, 2.75) is 54.8 Å². The number of hydrogen-bond donors (Lipinski definition) is 2. The van der Waals surface area contributed by atoms with E-state index in [2.05, 4.69) is 22.3 Å². The van der Waals surface area contributed by atoms with Gasteiger partial charge in [0.25, 0.3) is 9.70 Å². The summed E-state index contributed by atoms with van der Waals surface area (Å²) in [5.74, 6) is 0.815. The van der Waals surface area contributed by atoms with Gasteiger partial charge in [0.05, 0.1) is 33.0 Å². The number of methoxy groups -OCH3 is 2. The van der Waals surface area contributed by atoms with Gasteiger partial charge in [0.2, 0.25) is 0 Å². The fourth-order valence-corrected chi connectivity index (χ4v) is 6.60. The molecular weight excluding hydrogens is 687 g/mol. The Bertz CT molecular complexity index is 1750. The maximum atomic E-state index is 12.0. The highest BCUT2D eigenvalue weighted by molar-refractivity contribution is 6.76. The molecule has 0 unspecified atom stereocenters. The molecule has 2 N–H and O–H groups in total. The Morgan fingerprint density at radius 3 is 2.24 bits per heavy atom. The summed E-state index contributed by atoms with van der Waals surface area (Å²) in [6.45, 7) is 2.67. The molecule has 0 radical (unpaired) electrons. The molecule has 4 aromatic carbocycles. The molecular formula is C38H39Cl3N2O6. The van der Waals surface area contributed by atoms with Crippen molar-refractivity contribution in [3.05, 3.63) is 118 Å². The van der Waals surface area contributed by atoms with Crippen molar-refractivity contribution < 1.29 is 28.8 Å². The number of nitrogens with zero attached hydrogens (tertiary/aromatic N) is 1. The van der Waals surface area contributed by atoms with Gasteiger partial charge in [-0.3, -0.25) is 9.69 Å². The van der Waals surface area contributed by atoms with Crippen LogP contribution in [0, 0.1) is 0 Å². The third-order valence-electron chi connectivity index (χ3n) is 9.03. The van der Waals surface area contributed by atoms with Crippen LogP contribution in [0.5, 0.6) is 11.5 Å². The van der Waals surface area contributed by atoms with E-state index >= 15 is 0 Å². The van der Waals surface area contributed by atoms with Crippen molar-refractivity contribution in [2.24, 2.45) is 0 Å². The predicted molar refractivity (Wildman–Crippen MR) is 191 cm³/mol. The van der Waals surface area contributed by atoms with E-state index in [1.807, 2.05) is 72.8 Å². The van der Waals surface area contributed by atoms with Gasteiger partial charge in [0.1, 0.15) is 0 Å². The summed E-state index contributed by atoms with van der Waals surface area (Å²) >= 11 is 17.1. The molecule has 1 amide bonds. The summed E-state index contributed by atoms with van der Waals surface area (Å²) in [6, 6.07) is 28.1. The number of nitrogens with one attached hydrogen (secondary N) is 1. The highest BCUT2D eigenvalue weighted by atomic mass is 35.6. The molecule has 11 heteroatoms. The first-order valence-electron chi connectivity index (χ1n) is 16.1. The number of carbonyl (C=O) groups excluding carboxylic acids is 1. The molecule has 2 aliphatic heterocycles. The van der Waals surface area contributed by atoms with Crippen LogP contribution < -0.4 is 14.8 Å². The van der Waals surface area contributed by atoms with Crippen molar-refractivity contribution in [3.63, 3.8) is 0 Å². The SMILES string of the molecule is COc1cc2c(cc1OC)CN(C[C@@H]1C[C@H](c3ccc(CO)cc3)O[C@H](c3ccc(-c4cccc(CNC(=O)C(Cl)(Cl)Cl)c4)cc3)O1)CC2. The Labute approximate surface area is 301 Å². The highest BCUT2D eigenvalue weighted by Gasteiger charge is 2.34. The third kappa shape index (κ3) is 8.70. The number of fused-ring (bicyclic) bond motifs is 1. The van der Waals surface area contributed by atoms with Crippen LogP contribution in [-0.4, -0.2) is 53.1 Å². The highest BCUT2D eigenvalue weighted by Crippen LogP contribution is 2.40. The number of aliphatic hydroxyl groups is 1. The summed E-state index contributed by atoms with van der Waals surface area (Å²) < 4.78 is 22.4. The number of hydrogen-bond acceptors (Lipinski definition) is 7. The minimum absolute atomic E-state index is 0.00783. The smallest absolute Gasteiger partial charge is 0.272 e. The second-order valence-electron chi connectivity index (χ2n) is 12.3. The first kappa shape index (κ1) is 35.5. The lowest BCUT2D eigenvalue weighted by Crippen LogP contribution is -2.41. The largest absolute Gasteiger partial charge is 0.493 e. The average molecular weight is 726 g/mol. The normalized spacial score (nSPS) is 19.6. The molecule has 8 nitrogen and oxygen atoms in total. The van der Waals surface area contributed by atoms with Crippen LogP contribution in [0.3, 0.4) is 0 Å². The van der Waals surface area contributed by atoms with Gasteiger partial charge in [-0.1, -0.05) is 102 Å². The Morgan fingerprint density at radius 2 is 1.57 bits per heavy atom. The number of alkyl halides is 3. The lowest BCUT2D eigenvalue weighted by atomic mass is 9.96. The van der Waals surface area contributed by atoms with E-state index in [0.717, 1.165) is 70.9 Å². The van der Waals surface area contributed by atoms with E-state index in [9.17, 15) is 9.90 Å². The molecule has 49 heavy (non-hydrogen) atoms. The van der Waals surface area contributed by atoms with E-state index in [0.29, 0.717) is 6.42 Å². The maximum Gasteiger partial charge on any atom is 0.272 e. The fourth-order valence-electron chi connectivity index (χ4n) is 6.39. The standard InChI is InChI=1S/C38H39Cl3N2O6/c1-46-34-17-30-14-15-43(21-31(30)18-35(34)47-2)22-32-19-33(27-8-6-24(23-44)7-9-27)49-36(48-32)28-12-10-26(11-13-28)29-5-3-4-25(16-29)20-42-37(45)38(39,40)41/h3-13,16-18,32-33,36,44H,14-15,19-23H2,1-2H3,(H,42,45)/t32-,33+,36+/m0/s1. The van der Waals surface area contributed by atoms with Crippen LogP contribution in [-0.2, 0) is 40.4 Å². The van der Waals surface area contributed by atoms with E-state index in [-0.39, 0.29) is 25.4 Å². The summed E-state index contributed by atoms with van der Waals surface area (Å²) in [4.78, 5) is 14.4. The van der Waals surface area contributed by atoms with Gasteiger partial charge in [-0.15, -0.1) is 0 Å². The van der Waals surface area contributed by atoms with Gasteiger partial charge < -0.3 is 29.4 Å². The molecule has 1 fully saturated rings. The first-order valence-corrected chi connectivity index (χ1v) is 17.3. The average Bonchev–Trinajstić information content (AvgIpc) is 3.12. The minimum Gasteiger partial charge on any atom is -0.493 e. The molecule has 6 rings (SSSR count). The van der Waals surface area contributed by atoms with E-state index < -0.39 is 16.0 Å². The number of rotatable bonds is 10. The Kier molecular flexibility index (Phi) is 11.4. The maximum absolute atomic E-state index is 12.0. The monoisotopic (exact) mass is 724 g/mol. The van der Waals surface area contributed by atoms with Crippen LogP contribution in [0.2, 0.25) is 0 Å². The van der Waals surface area contributed by atoms with Gasteiger partial charge in [0.15, 0.2) is 17.8 Å². The Hall–Kier alpha value is -3.34. The van der Waals surface area contributed by atoms with Crippen molar-refractivity contribution in [3.8, 4) is 22.6 Å². The van der Waals surface area contributed by atoms with Gasteiger partial charge in [-0.2, -0.15) is 0 Å². The topological polar surface area (TPSA) is 89.5 Å². The van der Waals surface area contributed by atoms with Gasteiger partial charge in [-0.05, 0) is 63.6 Å².